The highest BCUT2D eigenvalue weighted by Crippen LogP contribution is 2.53. The summed E-state index contributed by atoms with van der Waals surface area (Å²) in [6.07, 6.45) is 14.3. The van der Waals surface area contributed by atoms with Gasteiger partial charge in [-0.15, -0.1) is 0 Å². The first kappa shape index (κ1) is 16.1. The molecular weight excluding hydrogens is 216 g/mol. The van der Waals surface area contributed by atoms with Gasteiger partial charge in [-0.25, -0.2) is 0 Å². The predicted octanol–water partition coefficient (Wildman–Crippen LogP) is 6.59. The fourth-order valence-corrected chi connectivity index (χ4v) is 4.88. The molecule has 0 heteroatoms. The first-order valence-corrected chi connectivity index (χ1v) is 8.52. The van der Waals surface area contributed by atoms with E-state index in [1.165, 1.54) is 64.2 Å². The molecule has 0 aromatic rings. The van der Waals surface area contributed by atoms with Gasteiger partial charge in [-0.2, -0.15) is 0 Å². The van der Waals surface area contributed by atoms with Crippen LogP contribution in [0.1, 0.15) is 98.8 Å². The van der Waals surface area contributed by atoms with Crippen LogP contribution in [0.3, 0.4) is 0 Å². The van der Waals surface area contributed by atoms with E-state index in [4.69, 9.17) is 0 Å². The molecule has 0 radical (unpaired) electrons. The Hall–Kier alpha value is 0. The van der Waals surface area contributed by atoms with Crippen molar-refractivity contribution in [2.45, 2.75) is 98.8 Å². The zero-order valence-corrected chi connectivity index (χ0v) is 13.6. The normalized spacial score (nSPS) is 25.2. The van der Waals surface area contributed by atoms with Crippen LogP contribution in [0.4, 0.5) is 0 Å². The lowest BCUT2D eigenvalue weighted by Gasteiger charge is -2.48. The minimum Gasteiger partial charge on any atom is -0.0654 e. The van der Waals surface area contributed by atoms with E-state index in [2.05, 4.69) is 34.6 Å². The molecule has 0 N–H and O–H groups in total. The average molecular weight is 252 g/mol. The lowest BCUT2D eigenvalue weighted by molar-refractivity contribution is 0.0183. The van der Waals surface area contributed by atoms with Crippen molar-refractivity contribution < 1.29 is 0 Å². The lowest BCUT2D eigenvalue weighted by atomic mass is 9.57. The molecule has 0 amide bonds. The van der Waals surface area contributed by atoms with E-state index in [0.29, 0.717) is 10.8 Å². The fraction of sp³-hybridized carbons (Fsp3) is 1.00. The average Bonchev–Trinajstić information content (AvgIpc) is 2.55. The second-order valence-electron chi connectivity index (χ2n) is 7.29. The van der Waals surface area contributed by atoms with E-state index in [1.807, 2.05) is 0 Å². The molecule has 0 aromatic heterocycles. The molecule has 0 heterocycles. The maximum absolute atomic E-state index is 2.61. The van der Waals surface area contributed by atoms with Crippen molar-refractivity contribution in [1.82, 2.24) is 0 Å². The number of rotatable bonds is 6. The van der Waals surface area contributed by atoms with Crippen LogP contribution in [0.5, 0.6) is 0 Å². The van der Waals surface area contributed by atoms with Crippen molar-refractivity contribution in [3.63, 3.8) is 0 Å². The highest BCUT2D eigenvalue weighted by atomic mass is 14.5. The summed E-state index contributed by atoms with van der Waals surface area (Å²) in [6.45, 7) is 12.4. The second kappa shape index (κ2) is 6.96. The van der Waals surface area contributed by atoms with E-state index in [1.54, 1.807) is 0 Å². The molecule has 1 rings (SSSR count). The Kier molecular flexibility index (Phi) is 6.21. The van der Waals surface area contributed by atoms with Gasteiger partial charge in [-0.3, -0.25) is 0 Å². The van der Waals surface area contributed by atoms with Crippen molar-refractivity contribution in [3.05, 3.63) is 0 Å². The standard InChI is InChI=1S/C18H36/c1-6-13-17(4,8-3)16(7-2)18(5)14-11-9-10-12-15-18/h16H,6-15H2,1-5H3. The monoisotopic (exact) mass is 252 g/mol. The molecule has 108 valence electrons. The Balaban J connectivity index is 2.90. The van der Waals surface area contributed by atoms with E-state index < -0.39 is 0 Å². The van der Waals surface area contributed by atoms with Gasteiger partial charge < -0.3 is 0 Å². The number of hydrogen-bond donors (Lipinski definition) is 0. The molecule has 0 aliphatic heterocycles. The Bertz CT molecular complexity index is 222. The molecule has 0 nitrogen and oxygen atoms in total. The van der Waals surface area contributed by atoms with Gasteiger partial charge in [-0.1, -0.05) is 79.6 Å². The van der Waals surface area contributed by atoms with Gasteiger partial charge in [0.1, 0.15) is 0 Å². The SMILES string of the molecule is CCCC(C)(CC)C(CC)C1(C)CCCCCC1. The van der Waals surface area contributed by atoms with Crippen LogP contribution in [0.15, 0.2) is 0 Å². The van der Waals surface area contributed by atoms with Gasteiger partial charge in [0, 0.05) is 0 Å². The smallest absolute Gasteiger partial charge is 0.0292 e. The topological polar surface area (TPSA) is 0 Å². The summed E-state index contributed by atoms with van der Waals surface area (Å²) in [5.41, 5.74) is 1.19. The quantitative estimate of drug-likeness (QED) is 0.468. The Morgan fingerprint density at radius 3 is 1.94 bits per heavy atom. The van der Waals surface area contributed by atoms with Gasteiger partial charge in [-0.05, 0) is 36.0 Å². The van der Waals surface area contributed by atoms with Crippen LogP contribution < -0.4 is 0 Å². The van der Waals surface area contributed by atoms with E-state index >= 15 is 0 Å². The maximum atomic E-state index is 2.61. The minimum absolute atomic E-state index is 0.572. The third kappa shape index (κ3) is 3.52. The summed E-state index contributed by atoms with van der Waals surface area (Å²) in [7, 11) is 0. The van der Waals surface area contributed by atoms with Crippen LogP contribution >= 0.6 is 0 Å². The molecular formula is C18H36. The summed E-state index contributed by atoms with van der Waals surface area (Å²) < 4.78 is 0. The van der Waals surface area contributed by atoms with Crippen molar-refractivity contribution in [2.24, 2.45) is 16.7 Å². The van der Waals surface area contributed by atoms with E-state index in [0.717, 1.165) is 5.92 Å². The third-order valence-electron chi connectivity index (χ3n) is 5.97. The van der Waals surface area contributed by atoms with Crippen LogP contribution in [-0.4, -0.2) is 0 Å². The first-order chi connectivity index (χ1) is 8.52. The zero-order valence-electron chi connectivity index (χ0n) is 13.6. The first-order valence-electron chi connectivity index (χ1n) is 8.52. The minimum atomic E-state index is 0.572. The van der Waals surface area contributed by atoms with Gasteiger partial charge in [0.2, 0.25) is 0 Å². The molecule has 1 fully saturated rings. The Morgan fingerprint density at radius 2 is 1.56 bits per heavy atom. The molecule has 0 saturated heterocycles. The molecule has 1 aliphatic rings. The molecule has 1 saturated carbocycles. The van der Waals surface area contributed by atoms with Crippen LogP contribution in [0.25, 0.3) is 0 Å². The Labute approximate surface area is 116 Å². The van der Waals surface area contributed by atoms with Crippen molar-refractivity contribution in [2.75, 3.05) is 0 Å². The van der Waals surface area contributed by atoms with Crippen molar-refractivity contribution >= 4 is 0 Å². The van der Waals surface area contributed by atoms with Crippen molar-refractivity contribution in [3.8, 4) is 0 Å². The molecule has 0 aromatic carbocycles. The highest BCUT2D eigenvalue weighted by molar-refractivity contribution is 4.93. The summed E-state index contributed by atoms with van der Waals surface area (Å²) in [5.74, 6) is 0.924. The van der Waals surface area contributed by atoms with E-state index in [9.17, 15) is 0 Å². The van der Waals surface area contributed by atoms with Gasteiger partial charge in [0.25, 0.3) is 0 Å². The maximum Gasteiger partial charge on any atom is -0.0292 e. The Morgan fingerprint density at radius 1 is 1.00 bits per heavy atom. The third-order valence-corrected chi connectivity index (χ3v) is 5.97. The fourth-order valence-electron chi connectivity index (χ4n) is 4.88. The zero-order chi connectivity index (χ0) is 13.6. The van der Waals surface area contributed by atoms with Crippen molar-refractivity contribution in [1.29, 1.82) is 0 Å². The number of hydrogen-bond acceptors (Lipinski definition) is 0. The van der Waals surface area contributed by atoms with Gasteiger partial charge >= 0.3 is 0 Å². The summed E-state index contributed by atoms with van der Waals surface area (Å²) in [5, 5.41) is 0. The van der Waals surface area contributed by atoms with Gasteiger partial charge in [0.05, 0.1) is 0 Å². The summed E-state index contributed by atoms with van der Waals surface area (Å²) in [6, 6.07) is 0. The molecule has 2 atom stereocenters. The lowest BCUT2D eigenvalue weighted by Crippen LogP contribution is -2.39. The van der Waals surface area contributed by atoms with Crippen LogP contribution in [0, 0.1) is 16.7 Å². The molecule has 0 bridgehead atoms. The van der Waals surface area contributed by atoms with Crippen LogP contribution in [-0.2, 0) is 0 Å². The molecule has 1 aliphatic carbocycles. The summed E-state index contributed by atoms with van der Waals surface area (Å²) >= 11 is 0. The molecule has 0 spiro atoms. The predicted molar refractivity (Wildman–Crippen MR) is 82.9 cm³/mol. The van der Waals surface area contributed by atoms with E-state index in [-0.39, 0.29) is 0 Å². The summed E-state index contributed by atoms with van der Waals surface area (Å²) in [4.78, 5) is 0. The largest absolute Gasteiger partial charge is 0.0654 e. The second-order valence-corrected chi connectivity index (χ2v) is 7.29. The molecule has 2 unspecified atom stereocenters. The highest BCUT2D eigenvalue weighted by Gasteiger charge is 2.42. The van der Waals surface area contributed by atoms with Crippen LogP contribution in [0.2, 0.25) is 0 Å². The van der Waals surface area contributed by atoms with Gasteiger partial charge in [0.15, 0.2) is 0 Å². The molecule has 18 heavy (non-hydrogen) atoms.